The van der Waals surface area contributed by atoms with Gasteiger partial charge in [-0.1, -0.05) is 11.6 Å². The zero-order valence-corrected chi connectivity index (χ0v) is 11.3. The third-order valence-electron chi connectivity index (χ3n) is 4.22. The average molecular weight is 283 g/mol. The van der Waals surface area contributed by atoms with E-state index < -0.39 is 5.82 Å². The summed E-state index contributed by atoms with van der Waals surface area (Å²) in [5.41, 5.74) is 0.568. The molecule has 1 aromatic rings. The Morgan fingerprint density at radius 3 is 2.79 bits per heavy atom. The van der Waals surface area contributed by atoms with Gasteiger partial charge in [-0.2, -0.15) is 0 Å². The zero-order chi connectivity index (χ0) is 13.5. The standard InChI is InChI=1S/C14H16ClFN2O/c15-10-5-9(6-11(16)7-10)13(19)18-12-8-14(12)1-3-17-4-2-14/h5-7,12,17H,1-4,8H2,(H,18,19)/t12-/m1/s1. The molecule has 0 aromatic heterocycles. The SMILES string of the molecule is O=C(N[C@@H]1CC12CCNCC2)c1cc(F)cc(Cl)c1. The monoisotopic (exact) mass is 282 g/mol. The van der Waals surface area contributed by atoms with Gasteiger partial charge in [-0.25, -0.2) is 4.39 Å². The molecule has 2 N–H and O–H groups in total. The van der Waals surface area contributed by atoms with E-state index >= 15 is 0 Å². The summed E-state index contributed by atoms with van der Waals surface area (Å²) in [7, 11) is 0. The topological polar surface area (TPSA) is 41.1 Å². The predicted molar refractivity (Wildman–Crippen MR) is 71.8 cm³/mol. The highest BCUT2D eigenvalue weighted by Gasteiger charge is 2.54. The number of hydrogen-bond donors (Lipinski definition) is 2. The van der Waals surface area contributed by atoms with E-state index in [0.29, 0.717) is 5.56 Å². The van der Waals surface area contributed by atoms with Gasteiger partial charge in [-0.15, -0.1) is 0 Å². The Kier molecular flexibility index (Phi) is 3.23. The molecule has 0 bridgehead atoms. The normalized spacial score (nSPS) is 24.2. The molecule has 1 amide bonds. The van der Waals surface area contributed by atoms with Crippen molar-refractivity contribution in [1.29, 1.82) is 0 Å². The number of benzene rings is 1. The van der Waals surface area contributed by atoms with Gasteiger partial charge in [0.15, 0.2) is 0 Å². The summed E-state index contributed by atoms with van der Waals surface area (Å²) < 4.78 is 13.2. The van der Waals surface area contributed by atoms with Crippen LogP contribution in [0, 0.1) is 11.2 Å². The highest BCUT2D eigenvalue weighted by molar-refractivity contribution is 6.31. The van der Waals surface area contributed by atoms with Gasteiger partial charge in [0, 0.05) is 16.6 Å². The summed E-state index contributed by atoms with van der Waals surface area (Å²) >= 11 is 5.76. The van der Waals surface area contributed by atoms with E-state index in [0.717, 1.165) is 32.4 Å². The van der Waals surface area contributed by atoms with Crippen LogP contribution >= 0.6 is 11.6 Å². The van der Waals surface area contributed by atoms with Gasteiger partial charge in [0.1, 0.15) is 5.82 Å². The van der Waals surface area contributed by atoms with Crippen molar-refractivity contribution >= 4 is 17.5 Å². The Labute approximate surface area is 116 Å². The molecule has 1 aliphatic heterocycles. The van der Waals surface area contributed by atoms with Crippen LogP contribution in [-0.4, -0.2) is 25.0 Å². The van der Waals surface area contributed by atoms with Crippen molar-refractivity contribution in [3.05, 3.63) is 34.6 Å². The van der Waals surface area contributed by atoms with Crippen LogP contribution in [0.4, 0.5) is 4.39 Å². The van der Waals surface area contributed by atoms with Crippen molar-refractivity contribution in [1.82, 2.24) is 10.6 Å². The van der Waals surface area contributed by atoms with Gasteiger partial charge in [0.25, 0.3) is 5.91 Å². The number of rotatable bonds is 2. The summed E-state index contributed by atoms with van der Waals surface area (Å²) in [5.74, 6) is -0.716. The second-order valence-corrected chi connectivity index (χ2v) is 5.94. The number of amides is 1. The van der Waals surface area contributed by atoms with Crippen LogP contribution in [0.3, 0.4) is 0 Å². The molecule has 102 valence electrons. The molecule has 1 heterocycles. The number of piperidine rings is 1. The highest BCUT2D eigenvalue weighted by atomic mass is 35.5. The smallest absolute Gasteiger partial charge is 0.251 e. The van der Waals surface area contributed by atoms with E-state index in [1.165, 1.54) is 18.2 Å². The number of carbonyl (C=O) groups excluding carboxylic acids is 1. The van der Waals surface area contributed by atoms with E-state index in [1.807, 2.05) is 0 Å². The van der Waals surface area contributed by atoms with E-state index in [1.54, 1.807) is 0 Å². The first kappa shape index (κ1) is 12.9. The van der Waals surface area contributed by atoms with Crippen LogP contribution in [0.25, 0.3) is 0 Å². The van der Waals surface area contributed by atoms with Crippen molar-refractivity contribution < 1.29 is 9.18 Å². The molecule has 1 saturated heterocycles. The number of nitrogens with one attached hydrogen (secondary N) is 2. The fourth-order valence-electron chi connectivity index (χ4n) is 2.96. The van der Waals surface area contributed by atoms with Crippen LogP contribution in [0.15, 0.2) is 18.2 Å². The van der Waals surface area contributed by atoms with Crippen LogP contribution in [0.5, 0.6) is 0 Å². The molecule has 2 fully saturated rings. The lowest BCUT2D eigenvalue weighted by Gasteiger charge is -2.23. The molecule has 0 radical (unpaired) electrons. The summed E-state index contributed by atoms with van der Waals surface area (Å²) in [5, 5.41) is 6.56. The Balaban J connectivity index is 1.66. The fraction of sp³-hybridized carbons (Fsp3) is 0.500. The molecule has 19 heavy (non-hydrogen) atoms. The van der Waals surface area contributed by atoms with E-state index in [4.69, 9.17) is 11.6 Å². The molecule has 1 aliphatic carbocycles. The van der Waals surface area contributed by atoms with Crippen LogP contribution in [0.1, 0.15) is 29.6 Å². The first-order valence-corrected chi connectivity index (χ1v) is 6.95. The van der Waals surface area contributed by atoms with Crippen LogP contribution in [0.2, 0.25) is 5.02 Å². The minimum atomic E-state index is -0.481. The summed E-state index contributed by atoms with van der Waals surface area (Å²) in [6, 6.07) is 4.14. The van der Waals surface area contributed by atoms with Gasteiger partial charge in [-0.3, -0.25) is 4.79 Å². The second-order valence-electron chi connectivity index (χ2n) is 5.50. The van der Waals surface area contributed by atoms with Crippen LogP contribution in [-0.2, 0) is 0 Å². The molecule has 1 aromatic carbocycles. The van der Waals surface area contributed by atoms with E-state index in [2.05, 4.69) is 10.6 Å². The summed E-state index contributed by atoms with van der Waals surface area (Å²) in [4.78, 5) is 12.1. The molecular formula is C14H16ClFN2O. The molecule has 1 saturated carbocycles. The predicted octanol–water partition coefficient (Wildman–Crippen LogP) is 2.35. The van der Waals surface area contributed by atoms with E-state index in [-0.39, 0.29) is 22.4 Å². The molecule has 5 heteroatoms. The molecule has 0 unspecified atom stereocenters. The number of carbonyl (C=O) groups is 1. The number of halogens is 2. The largest absolute Gasteiger partial charge is 0.349 e. The lowest BCUT2D eigenvalue weighted by molar-refractivity contribution is 0.0942. The number of hydrogen-bond acceptors (Lipinski definition) is 2. The molecule has 3 rings (SSSR count). The zero-order valence-electron chi connectivity index (χ0n) is 10.5. The van der Waals surface area contributed by atoms with Gasteiger partial charge < -0.3 is 10.6 Å². The summed E-state index contributed by atoms with van der Waals surface area (Å²) in [6.07, 6.45) is 3.23. The molecule has 2 aliphatic rings. The molecule has 3 nitrogen and oxygen atoms in total. The van der Waals surface area contributed by atoms with Gasteiger partial charge in [0.2, 0.25) is 0 Å². The fourth-order valence-corrected chi connectivity index (χ4v) is 3.18. The van der Waals surface area contributed by atoms with Gasteiger partial charge >= 0.3 is 0 Å². The third kappa shape index (κ3) is 2.60. The Morgan fingerprint density at radius 1 is 1.37 bits per heavy atom. The van der Waals surface area contributed by atoms with Gasteiger partial charge in [0.05, 0.1) is 0 Å². The first-order chi connectivity index (χ1) is 9.09. The quantitative estimate of drug-likeness (QED) is 0.874. The van der Waals surface area contributed by atoms with Crippen molar-refractivity contribution in [2.75, 3.05) is 13.1 Å². The van der Waals surface area contributed by atoms with Crippen molar-refractivity contribution in [3.8, 4) is 0 Å². The van der Waals surface area contributed by atoms with Crippen molar-refractivity contribution in [2.24, 2.45) is 5.41 Å². The lowest BCUT2D eigenvalue weighted by atomic mass is 9.94. The minimum Gasteiger partial charge on any atom is -0.349 e. The third-order valence-corrected chi connectivity index (χ3v) is 4.44. The minimum absolute atomic E-state index is 0.226. The molecule has 1 spiro atoms. The summed E-state index contributed by atoms with van der Waals surface area (Å²) in [6.45, 7) is 2.02. The Morgan fingerprint density at radius 2 is 2.11 bits per heavy atom. The average Bonchev–Trinajstić information content (AvgIpc) is 3.00. The van der Waals surface area contributed by atoms with E-state index in [9.17, 15) is 9.18 Å². The maximum Gasteiger partial charge on any atom is 0.251 e. The molecular weight excluding hydrogens is 267 g/mol. The van der Waals surface area contributed by atoms with Gasteiger partial charge in [-0.05, 0) is 56.0 Å². The maximum absolute atomic E-state index is 13.2. The second kappa shape index (κ2) is 4.76. The Bertz CT molecular complexity index is 494. The highest BCUT2D eigenvalue weighted by Crippen LogP contribution is 2.52. The first-order valence-electron chi connectivity index (χ1n) is 6.57. The lowest BCUT2D eigenvalue weighted by Crippen LogP contribution is -2.36. The maximum atomic E-state index is 13.2. The molecule has 1 atom stereocenters. The van der Waals surface area contributed by atoms with Crippen molar-refractivity contribution in [2.45, 2.75) is 25.3 Å². The van der Waals surface area contributed by atoms with Crippen molar-refractivity contribution in [3.63, 3.8) is 0 Å². The Hall–Kier alpha value is -1.13. The van der Waals surface area contributed by atoms with Crippen LogP contribution < -0.4 is 10.6 Å².